The number of halogens is 1. The maximum atomic E-state index is 11.8. The minimum atomic E-state index is -0.345. The highest BCUT2D eigenvalue weighted by atomic mass is 35.5. The molecule has 0 aliphatic heterocycles. The topological polar surface area (TPSA) is 55.4 Å². The van der Waals surface area contributed by atoms with Gasteiger partial charge in [0, 0.05) is 10.7 Å². The summed E-state index contributed by atoms with van der Waals surface area (Å²) >= 11 is 6.99. The standard InChI is InChI=1S/C19H18ClNO3S/c20-16-8-10-17(11-9-16)21-18(22)13-25-14-19(23)24-12-4-7-15-5-2-1-3-6-15/h1-11H,12-14H2,(H,21,22)/b7-4+. The number of esters is 1. The van der Waals surface area contributed by atoms with Crippen LogP contribution in [0.3, 0.4) is 0 Å². The molecule has 0 fully saturated rings. The largest absolute Gasteiger partial charge is 0.461 e. The second kappa shape index (κ2) is 10.6. The Kier molecular flexibility index (Phi) is 8.09. The third-order valence-electron chi connectivity index (χ3n) is 3.03. The Morgan fingerprint density at radius 2 is 1.76 bits per heavy atom. The minimum Gasteiger partial charge on any atom is -0.461 e. The first-order valence-electron chi connectivity index (χ1n) is 7.64. The lowest BCUT2D eigenvalue weighted by molar-refractivity contribution is -0.139. The second-order valence-electron chi connectivity index (χ2n) is 5.04. The van der Waals surface area contributed by atoms with E-state index >= 15 is 0 Å². The molecule has 0 unspecified atom stereocenters. The van der Waals surface area contributed by atoms with Crippen molar-refractivity contribution in [3.05, 3.63) is 71.3 Å². The molecule has 0 spiro atoms. The fourth-order valence-electron chi connectivity index (χ4n) is 1.89. The van der Waals surface area contributed by atoms with Crippen LogP contribution in [0.15, 0.2) is 60.7 Å². The van der Waals surface area contributed by atoms with Crippen molar-refractivity contribution in [2.45, 2.75) is 0 Å². The van der Waals surface area contributed by atoms with E-state index in [2.05, 4.69) is 5.32 Å². The third kappa shape index (κ3) is 7.92. The molecule has 0 atom stereocenters. The van der Waals surface area contributed by atoms with Gasteiger partial charge in [0.1, 0.15) is 6.61 Å². The highest BCUT2D eigenvalue weighted by molar-refractivity contribution is 8.00. The molecule has 4 nitrogen and oxygen atoms in total. The zero-order chi connectivity index (χ0) is 17.9. The molecule has 0 radical (unpaired) electrons. The summed E-state index contributed by atoms with van der Waals surface area (Å²) in [6, 6.07) is 16.6. The Bertz CT molecular complexity index is 717. The average molecular weight is 376 g/mol. The summed E-state index contributed by atoms with van der Waals surface area (Å²) in [6.45, 7) is 0.214. The molecule has 0 heterocycles. The van der Waals surface area contributed by atoms with E-state index in [0.717, 1.165) is 5.56 Å². The van der Waals surface area contributed by atoms with Crippen LogP contribution in [0, 0.1) is 0 Å². The van der Waals surface area contributed by atoms with Gasteiger partial charge in [-0.3, -0.25) is 9.59 Å². The molecule has 0 aliphatic carbocycles. The normalized spacial score (nSPS) is 10.6. The van der Waals surface area contributed by atoms with Crippen LogP contribution in [-0.4, -0.2) is 30.0 Å². The van der Waals surface area contributed by atoms with Crippen molar-refractivity contribution >= 4 is 47.0 Å². The van der Waals surface area contributed by atoms with Gasteiger partial charge >= 0.3 is 5.97 Å². The highest BCUT2D eigenvalue weighted by Gasteiger charge is 2.06. The van der Waals surface area contributed by atoms with Crippen molar-refractivity contribution < 1.29 is 14.3 Å². The lowest BCUT2D eigenvalue weighted by atomic mass is 10.2. The molecule has 1 N–H and O–H groups in total. The molecule has 2 aromatic rings. The number of rotatable bonds is 8. The molecule has 2 aromatic carbocycles. The molecule has 2 rings (SSSR count). The lowest BCUT2D eigenvalue weighted by Crippen LogP contribution is -2.16. The molecular weight excluding hydrogens is 358 g/mol. The Morgan fingerprint density at radius 3 is 2.48 bits per heavy atom. The van der Waals surface area contributed by atoms with Crippen LogP contribution in [0.1, 0.15) is 5.56 Å². The number of carbonyl (C=O) groups is 2. The smallest absolute Gasteiger partial charge is 0.316 e. The lowest BCUT2D eigenvalue weighted by Gasteiger charge is -2.05. The van der Waals surface area contributed by atoms with E-state index in [-0.39, 0.29) is 30.0 Å². The first-order valence-corrected chi connectivity index (χ1v) is 9.17. The van der Waals surface area contributed by atoms with E-state index in [1.54, 1.807) is 30.3 Å². The number of anilines is 1. The van der Waals surface area contributed by atoms with Gasteiger partial charge in [-0.15, -0.1) is 11.8 Å². The Balaban J connectivity index is 1.59. The van der Waals surface area contributed by atoms with Gasteiger partial charge in [-0.25, -0.2) is 0 Å². The Labute approximate surface area is 156 Å². The number of hydrogen-bond donors (Lipinski definition) is 1. The third-order valence-corrected chi connectivity index (χ3v) is 4.19. The molecule has 1 amide bonds. The molecule has 0 bridgehead atoms. The number of ether oxygens (including phenoxy) is 1. The van der Waals surface area contributed by atoms with Crippen molar-refractivity contribution in [1.82, 2.24) is 0 Å². The second-order valence-corrected chi connectivity index (χ2v) is 6.47. The van der Waals surface area contributed by atoms with Crippen molar-refractivity contribution in [3.8, 4) is 0 Å². The monoisotopic (exact) mass is 375 g/mol. The predicted octanol–water partition coefficient (Wildman–Crippen LogP) is 4.27. The molecule has 0 saturated heterocycles. The molecule has 25 heavy (non-hydrogen) atoms. The summed E-state index contributed by atoms with van der Waals surface area (Å²) in [7, 11) is 0. The van der Waals surface area contributed by atoms with Gasteiger partial charge in [0.15, 0.2) is 0 Å². The molecule has 6 heteroatoms. The predicted molar refractivity (Wildman–Crippen MR) is 104 cm³/mol. The molecule has 0 aliphatic rings. The van der Waals surface area contributed by atoms with Gasteiger partial charge in [-0.2, -0.15) is 0 Å². The van der Waals surface area contributed by atoms with Crippen LogP contribution in [-0.2, 0) is 14.3 Å². The summed E-state index contributed by atoms with van der Waals surface area (Å²) in [5, 5.41) is 3.34. The Morgan fingerprint density at radius 1 is 1.04 bits per heavy atom. The summed E-state index contributed by atoms with van der Waals surface area (Å²) in [4.78, 5) is 23.4. The summed E-state index contributed by atoms with van der Waals surface area (Å²) in [6.07, 6.45) is 3.67. The van der Waals surface area contributed by atoms with E-state index in [9.17, 15) is 9.59 Å². The molecule has 0 saturated carbocycles. The SMILES string of the molecule is O=C(CSCC(=O)OC/C=C/c1ccccc1)Nc1ccc(Cl)cc1. The number of benzene rings is 2. The van der Waals surface area contributed by atoms with E-state index < -0.39 is 0 Å². The zero-order valence-electron chi connectivity index (χ0n) is 13.5. The molecular formula is C19H18ClNO3S. The zero-order valence-corrected chi connectivity index (χ0v) is 15.1. The average Bonchev–Trinajstić information content (AvgIpc) is 2.62. The molecule has 130 valence electrons. The van der Waals surface area contributed by atoms with E-state index in [1.807, 2.05) is 36.4 Å². The van der Waals surface area contributed by atoms with Crippen LogP contribution < -0.4 is 5.32 Å². The fourth-order valence-corrected chi connectivity index (χ4v) is 2.62. The maximum Gasteiger partial charge on any atom is 0.316 e. The van der Waals surface area contributed by atoms with Crippen LogP contribution in [0.4, 0.5) is 5.69 Å². The summed E-state index contributed by atoms with van der Waals surface area (Å²) in [5.41, 5.74) is 1.72. The minimum absolute atomic E-state index is 0.132. The van der Waals surface area contributed by atoms with Crippen molar-refractivity contribution in [1.29, 1.82) is 0 Å². The highest BCUT2D eigenvalue weighted by Crippen LogP contribution is 2.13. The van der Waals surface area contributed by atoms with Gasteiger partial charge in [0.2, 0.25) is 5.91 Å². The summed E-state index contributed by atoms with van der Waals surface area (Å²) < 4.78 is 5.08. The Hall–Kier alpha value is -2.24. The van der Waals surface area contributed by atoms with E-state index in [4.69, 9.17) is 16.3 Å². The van der Waals surface area contributed by atoms with E-state index in [0.29, 0.717) is 10.7 Å². The van der Waals surface area contributed by atoms with Gasteiger partial charge in [0.05, 0.1) is 11.5 Å². The van der Waals surface area contributed by atoms with Crippen LogP contribution in [0.5, 0.6) is 0 Å². The van der Waals surface area contributed by atoms with Gasteiger partial charge in [0.25, 0.3) is 0 Å². The van der Waals surface area contributed by atoms with Crippen LogP contribution in [0.25, 0.3) is 6.08 Å². The first kappa shape index (κ1) is 19.1. The van der Waals surface area contributed by atoms with Crippen LogP contribution in [0.2, 0.25) is 5.02 Å². The van der Waals surface area contributed by atoms with Gasteiger partial charge in [-0.05, 0) is 35.9 Å². The van der Waals surface area contributed by atoms with Crippen molar-refractivity contribution in [3.63, 3.8) is 0 Å². The maximum absolute atomic E-state index is 11.8. The van der Waals surface area contributed by atoms with Gasteiger partial charge < -0.3 is 10.1 Å². The summed E-state index contributed by atoms with van der Waals surface area (Å²) in [5.74, 6) is -0.212. The van der Waals surface area contributed by atoms with Gasteiger partial charge in [-0.1, -0.05) is 48.0 Å². The number of thioether (sulfide) groups is 1. The number of amides is 1. The number of carbonyl (C=O) groups excluding carboxylic acids is 2. The number of nitrogens with one attached hydrogen (secondary N) is 1. The van der Waals surface area contributed by atoms with E-state index in [1.165, 1.54) is 11.8 Å². The molecule has 0 aromatic heterocycles. The fraction of sp³-hybridized carbons (Fsp3) is 0.158. The van der Waals surface area contributed by atoms with Crippen molar-refractivity contribution in [2.75, 3.05) is 23.4 Å². The van der Waals surface area contributed by atoms with Crippen LogP contribution >= 0.6 is 23.4 Å². The number of hydrogen-bond acceptors (Lipinski definition) is 4. The first-order chi connectivity index (χ1) is 12.1. The quantitative estimate of drug-likeness (QED) is 0.700. The van der Waals surface area contributed by atoms with Crippen molar-refractivity contribution in [2.24, 2.45) is 0 Å².